The zero-order valence-electron chi connectivity index (χ0n) is 16.5. The second-order valence-electron chi connectivity index (χ2n) is 7.17. The van der Waals surface area contributed by atoms with Crippen LogP contribution in [-0.4, -0.2) is 40.8 Å². The SMILES string of the molecule is O=C(O)c1ccccc1Cn1nnc(-c2cccc(Cn3cnc4ccccc43)c2)n1. The molecular weight excluding hydrogens is 392 g/mol. The van der Waals surface area contributed by atoms with E-state index in [1.165, 1.54) is 4.80 Å². The topological polar surface area (TPSA) is 98.7 Å². The van der Waals surface area contributed by atoms with Gasteiger partial charge < -0.3 is 9.67 Å². The van der Waals surface area contributed by atoms with Gasteiger partial charge in [0.05, 0.1) is 29.5 Å². The van der Waals surface area contributed by atoms with E-state index in [-0.39, 0.29) is 12.1 Å². The Balaban J connectivity index is 1.38. The molecule has 3 aromatic carbocycles. The summed E-state index contributed by atoms with van der Waals surface area (Å²) in [6.07, 6.45) is 1.84. The van der Waals surface area contributed by atoms with Crippen molar-refractivity contribution in [1.29, 1.82) is 0 Å². The minimum Gasteiger partial charge on any atom is -0.478 e. The van der Waals surface area contributed by atoms with E-state index in [1.54, 1.807) is 24.3 Å². The molecule has 0 aliphatic carbocycles. The molecule has 2 heterocycles. The zero-order valence-corrected chi connectivity index (χ0v) is 16.5. The Morgan fingerprint density at radius 2 is 1.77 bits per heavy atom. The molecular formula is C23H18N6O2. The first-order valence-electron chi connectivity index (χ1n) is 9.75. The molecule has 0 aliphatic heterocycles. The van der Waals surface area contributed by atoms with E-state index in [4.69, 9.17) is 0 Å². The minimum absolute atomic E-state index is 0.232. The number of imidazole rings is 1. The van der Waals surface area contributed by atoms with Gasteiger partial charge in [-0.05, 0) is 40.6 Å². The van der Waals surface area contributed by atoms with Gasteiger partial charge >= 0.3 is 5.97 Å². The van der Waals surface area contributed by atoms with Crippen LogP contribution in [0.15, 0.2) is 79.1 Å². The summed E-state index contributed by atoms with van der Waals surface area (Å²) in [5.41, 5.74) is 4.84. The largest absolute Gasteiger partial charge is 0.478 e. The lowest BCUT2D eigenvalue weighted by Crippen LogP contribution is -2.09. The van der Waals surface area contributed by atoms with E-state index in [9.17, 15) is 9.90 Å². The number of rotatable bonds is 6. The first-order chi connectivity index (χ1) is 15.2. The van der Waals surface area contributed by atoms with Crippen LogP contribution < -0.4 is 0 Å². The van der Waals surface area contributed by atoms with Gasteiger partial charge in [-0.3, -0.25) is 0 Å². The number of hydrogen-bond acceptors (Lipinski definition) is 5. The van der Waals surface area contributed by atoms with Crippen LogP contribution >= 0.6 is 0 Å². The number of nitrogens with zero attached hydrogens (tertiary/aromatic N) is 6. The number of benzene rings is 3. The maximum Gasteiger partial charge on any atom is 0.336 e. The van der Waals surface area contributed by atoms with Crippen molar-refractivity contribution in [2.45, 2.75) is 13.1 Å². The van der Waals surface area contributed by atoms with Crippen LogP contribution in [-0.2, 0) is 13.1 Å². The molecule has 0 unspecified atom stereocenters. The smallest absolute Gasteiger partial charge is 0.336 e. The number of aromatic nitrogens is 6. The molecule has 0 amide bonds. The fraction of sp³-hybridized carbons (Fsp3) is 0.0870. The number of aromatic carboxylic acids is 1. The van der Waals surface area contributed by atoms with Crippen LogP contribution in [0, 0.1) is 0 Å². The summed E-state index contributed by atoms with van der Waals surface area (Å²) >= 11 is 0. The van der Waals surface area contributed by atoms with E-state index in [1.807, 2.05) is 54.9 Å². The summed E-state index contributed by atoms with van der Waals surface area (Å²) in [6, 6.07) is 22.8. The van der Waals surface area contributed by atoms with Crippen LogP contribution in [0.25, 0.3) is 22.4 Å². The number of tetrazole rings is 1. The highest BCUT2D eigenvalue weighted by Crippen LogP contribution is 2.19. The van der Waals surface area contributed by atoms with E-state index < -0.39 is 5.97 Å². The van der Waals surface area contributed by atoms with Gasteiger partial charge in [0.25, 0.3) is 0 Å². The van der Waals surface area contributed by atoms with Crippen molar-refractivity contribution in [1.82, 2.24) is 29.8 Å². The molecule has 0 spiro atoms. The van der Waals surface area contributed by atoms with E-state index in [0.717, 1.165) is 22.2 Å². The van der Waals surface area contributed by atoms with Crippen LogP contribution in [0.1, 0.15) is 21.5 Å². The molecule has 31 heavy (non-hydrogen) atoms. The third-order valence-electron chi connectivity index (χ3n) is 5.08. The number of fused-ring (bicyclic) bond motifs is 1. The molecule has 0 saturated heterocycles. The summed E-state index contributed by atoms with van der Waals surface area (Å²) in [5, 5.41) is 22.1. The van der Waals surface area contributed by atoms with Gasteiger partial charge in [0.1, 0.15) is 0 Å². The summed E-state index contributed by atoms with van der Waals surface area (Å²) in [6.45, 7) is 0.907. The molecule has 1 N–H and O–H groups in total. The van der Waals surface area contributed by atoms with E-state index in [2.05, 4.69) is 25.0 Å². The lowest BCUT2D eigenvalue weighted by molar-refractivity contribution is 0.0695. The molecule has 152 valence electrons. The Bertz CT molecular complexity index is 1390. The first-order valence-corrected chi connectivity index (χ1v) is 9.75. The summed E-state index contributed by atoms with van der Waals surface area (Å²) in [5.74, 6) is -0.485. The maximum atomic E-state index is 11.4. The molecule has 8 heteroatoms. The van der Waals surface area contributed by atoms with Gasteiger partial charge in [-0.15, -0.1) is 10.2 Å². The molecule has 0 aliphatic rings. The lowest BCUT2D eigenvalue weighted by atomic mass is 10.1. The third kappa shape index (κ3) is 3.78. The highest BCUT2D eigenvalue weighted by atomic mass is 16.4. The van der Waals surface area contributed by atoms with Crippen molar-refractivity contribution >= 4 is 17.0 Å². The number of para-hydroxylation sites is 2. The summed E-state index contributed by atoms with van der Waals surface area (Å²) < 4.78 is 2.10. The fourth-order valence-corrected chi connectivity index (χ4v) is 3.59. The molecule has 5 rings (SSSR count). The Hall–Kier alpha value is -4.33. The zero-order chi connectivity index (χ0) is 21.2. The van der Waals surface area contributed by atoms with Crippen LogP contribution in [0.2, 0.25) is 0 Å². The van der Waals surface area contributed by atoms with Crippen LogP contribution in [0.5, 0.6) is 0 Å². The van der Waals surface area contributed by atoms with Crippen molar-refractivity contribution in [3.63, 3.8) is 0 Å². The number of carboxylic acid groups (broad SMARTS) is 1. The number of carbonyl (C=O) groups is 1. The predicted molar refractivity (Wildman–Crippen MR) is 115 cm³/mol. The highest BCUT2D eigenvalue weighted by molar-refractivity contribution is 5.89. The maximum absolute atomic E-state index is 11.4. The summed E-state index contributed by atoms with van der Waals surface area (Å²) in [7, 11) is 0. The molecule has 0 radical (unpaired) electrons. The third-order valence-corrected chi connectivity index (χ3v) is 5.08. The summed E-state index contributed by atoms with van der Waals surface area (Å²) in [4.78, 5) is 17.3. The first kappa shape index (κ1) is 18.7. The lowest BCUT2D eigenvalue weighted by Gasteiger charge is -2.06. The molecule has 0 fully saturated rings. The Morgan fingerprint density at radius 1 is 0.935 bits per heavy atom. The standard InChI is InChI=1S/C23H18N6O2/c30-23(31)19-9-2-1-7-18(19)14-29-26-22(25-27-29)17-8-5-6-16(12-17)13-28-15-24-20-10-3-4-11-21(20)28/h1-12,15H,13-14H2,(H,30,31). The predicted octanol–water partition coefficient (Wildman–Crippen LogP) is 3.48. The molecule has 0 atom stereocenters. The van der Waals surface area contributed by atoms with Crippen molar-refractivity contribution in [3.05, 3.63) is 95.8 Å². The van der Waals surface area contributed by atoms with Crippen LogP contribution in [0.3, 0.4) is 0 Å². The Labute approximate surface area is 177 Å². The fourth-order valence-electron chi connectivity index (χ4n) is 3.59. The minimum atomic E-state index is -0.976. The van der Waals surface area contributed by atoms with Gasteiger partial charge in [-0.25, -0.2) is 9.78 Å². The monoisotopic (exact) mass is 410 g/mol. The van der Waals surface area contributed by atoms with Crippen LogP contribution in [0.4, 0.5) is 0 Å². The average molecular weight is 410 g/mol. The van der Waals surface area contributed by atoms with Gasteiger partial charge in [0.2, 0.25) is 5.82 Å². The normalized spacial score (nSPS) is 11.1. The van der Waals surface area contributed by atoms with Gasteiger partial charge in [0.15, 0.2) is 0 Å². The van der Waals surface area contributed by atoms with Gasteiger partial charge in [-0.2, -0.15) is 4.80 Å². The molecule has 5 aromatic rings. The quantitative estimate of drug-likeness (QED) is 0.460. The van der Waals surface area contributed by atoms with Crippen molar-refractivity contribution in [3.8, 4) is 11.4 Å². The van der Waals surface area contributed by atoms with Crippen molar-refractivity contribution in [2.75, 3.05) is 0 Å². The van der Waals surface area contributed by atoms with Gasteiger partial charge in [-0.1, -0.05) is 48.5 Å². The highest BCUT2D eigenvalue weighted by Gasteiger charge is 2.12. The van der Waals surface area contributed by atoms with Crippen molar-refractivity contribution in [2.24, 2.45) is 0 Å². The average Bonchev–Trinajstić information content (AvgIpc) is 3.42. The molecule has 0 bridgehead atoms. The molecule has 8 nitrogen and oxygen atoms in total. The number of hydrogen-bond donors (Lipinski definition) is 1. The van der Waals surface area contributed by atoms with Crippen molar-refractivity contribution < 1.29 is 9.90 Å². The number of carboxylic acids is 1. The molecule has 2 aromatic heterocycles. The second kappa shape index (κ2) is 7.83. The second-order valence-corrected chi connectivity index (χ2v) is 7.17. The Kier molecular flexibility index (Phi) is 4.72. The molecule has 0 saturated carbocycles. The Morgan fingerprint density at radius 3 is 2.68 bits per heavy atom. The van der Waals surface area contributed by atoms with Gasteiger partial charge in [0, 0.05) is 12.1 Å². The van der Waals surface area contributed by atoms with E-state index >= 15 is 0 Å². The van der Waals surface area contributed by atoms with E-state index in [0.29, 0.717) is 17.9 Å².